The zero-order valence-corrected chi connectivity index (χ0v) is 15.9. The largest absolute Gasteiger partial charge is 0.369 e. The Morgan fingerprint density at radius 3 is 2.71 bits per heavy atom. The van der Waals surface area contributed by atoms with Crippen LogP contribution < -0.4 is 0 Å². The summed E-state index contributed by atoms with van der Waals surface area (Å²) in [5, 5.41) is 0. The standard InChI is InChI=1S/C21H34O3/c1-7-21-12-10-19(24-21)20(6,23-14-21)11-8-9-16(4)18(22)13-17(5)15(2)3/h7,15-16,19H,1,5,8-14H2,2-4,6H3/t16?,19-,20+,21+/m1/s1. The molecule has 0 aromatic carbocycles. The van der Waals surface area contributed by atoms with Crippen LogP contribution in [0.4, 0.5) is 0 Å². The molecule has 2 rings (SSSR count). The maximum atomic E-state index is 12.3. The summed E-state index contributed by atoms with van der Waals surface area (Å²) in [6.45, 7) is 16.9. The van der Waals surface area contributed by atoms with Crippen molar-refractivity contribution in [3.63, 3.8) is 0 Å². The summed E-state index contributed by atoms with van der Waals surface area (Å²) >= 11 is 0. The van der Waals surface area contributed by atoms with Crippen molar-refractivity contribution in [2.45, 2.75) is 83.5 Å². The van der Waals surface area contributed by atoms with Gasteiger partial charge in [-0.3, -0.25) is 4.79 Å². The summed E-state index contributed by atoms with van der Waals surface area (Å²) in [6.07, 6.45) is 7.42. The van der Waals surface area contributed by atoms with E-state index < -0.39 is 0 Å². The molecule has 2 saturated heterocycles. The van der Waals surface area contributed by atoms with Gasteiger partial charge in [0.05, 0.1) is 18.3 Å². The highest BCUT2D eigenvalue weighted by Crippen LogP contribution is 2.45. The van der Waals surface area contributed by atoms with Crippen molar-refractivity contribution in [1.82, 2.24) is 0 Å². The van der Waals surface area contributed by atoms with Crippen molar-refractivity contribution in [1.29, 1.82) is 0 Å². The molecule has 0 N–H and O–H groups in total. The Balaban J connectivity index is 1.78. The van der Waals surface area contributed by atoms with Gasteiger partial charge in [-0.05, 0) is 44.9 Å². The highest BCUT2D eigenvalue weighted by molar-refractivity contribution is 5.82. The first kappa shape index (κ1) is 19.4. The van der Waals surface area contributed by atoms with Crippen molar-refractivity contribution in [3.05, 3.63) is 24.8 Å². The van der Waals surface area contributed by atoms with Gasteiger partial charge in [0.2, 0.25) is 0 Å². The van der Waals surface area contributed by atoms with Crippen LogP contribution in [0.5, 0.6) is 0 Å². The first-order chi connectivity index (χ1) is 11.2. The maximum absolute atomic E-state index is 12.3. The smallest absolute Gasteiger partial charge is 0.139 e. The fourth-order valence-corrected chi connectivity index (χ4v) is 3.66. The molecule has 0 aromatic heterocycles. The second-order valence-electron chi connectivity index (χ2n) is 8.26. The number of carbonyl (C=O) groups is 1. The zero-order valence-electron chi connectivity index (χ0n) is 15.9. The lowest BCUT2D eigenvalue weighted by Crippen LogP contribution is -2.51. The highest BCUT2D eigenvalue weighted by atomic mass is 16.6. The summed E-state index contributed by atoms with van der Waals surface area (Å²) in [4.78, 5) is 12.3. The van der Waals surface area contributed by atoms with Gasteiger partial charge in [-0.2, -0.15) is 0 Å². The Labute approximate surface area is 147 Å². The van der Waals surface area contributed by atoms with Crippen LogP contribution >= 0.6 is 0 Å². The van der Waals surface area contributed by atoms with Crippen LogP contribution in [-0.2, 0) is 14.3 Å². The molecule has 0 spiro atoms. The minimum atomic E-state index is -0.259. The van der Waals surface area contributed by atoms with Gasteiger partial charge < -0.3 is 9.47 Å². The fourth-order valence-electron chi connectivity index (χ4n) is 3.66. The van der Waals surface area contributed by atoms with Crippen LogP contribution in [0.15, 0.2) is 24.8 Å². The van der Waals surface area contributed by atoms with E-state index in [2.05, 4.69) is 33.9 Å². The molecule has 2 fully saturated rings. The first-order valence-corrected chi connectivity index (χ1v) is 9.37. The number of ether oxygens (including phenoxy) is 2. The molecule has 1 unspecified atom stereocenters. The van der Waals surface area contributed by atoms with Gasteiger partial charge in [0.15, 0.2) is 0 Å². The first-order valence-electron chi connectivity index (χ1n) is 9.37. The quantitative estimate of drug-likeness (QED) is 0.565. The summed E-state index contributed by atoms with van der Waals surface area (Å²) < 4.78 is 12.4. The third-order valence-corrected chi connectivity index (χ3v) is 5.98. The number of allylic oxidation sites excluding steroid dienone is 1. The van der Waals surface area contributed by atoms with Gasteiger partial charge in [0, 0.05) is 12.3 Å². The summed E-state index contributed by atoms with van der Waals surface area (Å²) in [7, 11) is 0. The van der Waals surface area contributed by atoms with Gasteiger partial charge in [-0.1, -0.05) is 39.0 Å². The molecule has 0 radical (unpaired) electrons. The molecule has 0 aromatic rings. The second kappa shape index (κ2) is 7.53. The van der Waals surface area contributed by atoms with Gasteiger partial charge >= 0.3 is 0 Å². The predicted octanol–water partition coefficient (Wildman–Crippen LogP) is 4.86. The number of ketones is 1. The van der Waals surface area contributed by atoms with E-state index in [1.165, 1.54) is 0 Å². The Morgan fingerprint density at radius 2 is 2.08 bits per heavy atom. The van der Waals surface area contributed by atoms with E-state index in [1.54, 1.807) is 0 Å². The topological polar surface area (TPSA) is 35.5 Å². The monoisotopic (exact) mass is 334 g/mol. The van der Waals surface area contributed by atoms with Gasteiger partial charge in [-0.25, -0.2) is 0 Å². The number of carbonyl (C=O) groups excluding carboxylic acids is 1. The zero-order chi connectivity index (χ0) is 18.0. The van der Waals surface area contributed by atoms with Crippen molar-refractivity contribution in [2.24, 2.45) is 11.8 Å². The molecule has 0 aliphatic carbocycles. The summed E-state index contributed by atoms with van der Waals surface area (Å²) in [6, 6.07) is 0. The van der Waals surface area contributed by atoms with Crippen LogP contribution in [0, 0.1) is 11.8 Å². The molecular formula is C21H34O3. The van der Waals surface area contributed by atoms with E-state index in [-0.39, 0.29) is 23.2 Å². The Hall–Kier alpha value is -0.930. The molecule has 3 heteroatoms. The minimum Gasteiger partial charge on any atom is -0.369 e. The van der Waals surface area contributed by atoms with Crippen LogP contribution in [0.3, 0.4) is 0 Å². The molecular weight excluding hydrogens is 300 g/mol. The maximum Gasteiger partial charge on any atom is 0.139 e. The van der Waals surface area contributed by atoms with Crippen LogP contribution in [0.25, 0.3) is 0 Å². The lowest BCUT2D eigenvalue weighted by molar-refractivity contribution is -0.225. The Kier molecular flexibility index (Phi) is 6.09. The number of hydrogen-bond acceptors (Lipinski definition) is 3. The van der Waals surface area contributed by atoms with E-state index in [1.807, 2.05) is 13.0 Å². The van der Waals surface area contributed by atoms with Gasteiger partial charge in [0.25, 0.3) is 0 Å². The molecule has 2 heterocycles. The molecule has 2 aliphatic rings. The van der Waals surface area contributed by atoms with Crippen molar-refractivity contribution >= 4 is 5.78 Å². The number of Topliss-reactive ketones (excluding diaryl/α,β-unsaturated/α-hetero) is 1. The lowest BCUT2D eigenvalue weighted by Gasteiger charge is -2.43. The molecule has 24 heavy (non-hydrogen) atoms. The third kappa shape index (κ3) is 4.18. The number of fused-ring (bicyclic) bond motifs is 2. The Morgan fingerprint density at radius 1 is 1.38 bits per heavy atom. The van der Waals surface area contributed by atoms with E-state index in [4.69, 9.17) is 9.47 Å². The van der Waals surface area contributed by atoms with E-state index in [0.717, 1.165) is 37.7 Å². The SMILES string of the molecule is C=C[C@@]12CC[C@@H](O1)[C@](C)(CCCC(C)C(=O)CC(=C)C(C)C)OC2. The fraction of sp³-hybridized carbons (Fsp3) is 0.762. The normalized spacial score (nSPS) is 33.5. The second-order valence-corrected chi connectivity index (χ2v) is 8.26. The Bertz CT molecular complexity index is 495. The third-order valence-electron chi connectivity index (χ3n) is 5.98. The van der Waals surface area contributed by atoms with Crippen LogP contribution in [0.1, 0.15) is 66.2 Å². The molecule has 2 aliphatic heterocycles. The van der Waals surface area contributed by atoms with Crippen molar-refractivity contribution in [2.75, 3.05) is 6.61 Å². The molecule has 136 valence electrons. The highest BCUT2D eigenvalue weighted by Gasteiger charge is 2.52. The van der Waals surface area contributed by atoms with Gasteiger partial charge in [0.1, 0.15) is 11.4 Å². The summed E-state index contributed by atoms with van der Waals surface area (Å²) in [5.74, 6) is 0.774. The van der Waals surface area contributed by atoms with Crippen molar-refractivity contribution in [3.8, 4) is 0 Å². The van der Waals surface area contributed by atoms with Crippen LogP contribution in [0.2, 0.25) is 0 Å². The lowest BCUT2D eigenvalue weighted by atomic mass is 9.87. The average Bonchev–Trinajstić information content (AvgIpc) is 2.93. The van der Waals surface area contributed by atoms with E-state index in [0.29, 0.717) is 24.7 Å². The molecule has 3 nitrogen and oxygen atoms in total. The molecule has 0 saturated carbocycles. The average molecular weight is 335 g/mol. The van der Waals surface area contributed by atoms with Gasteiger partial charge in [-0.15, -0.1) is 6.58 Å². The minimum absolute atomic E-state index is 0.0875. The van der Waals surface area contributed by atoms with E-state index in [9.17, 15) is 4.79 Å². The molecule has 2 bridgehead atoms. The predicted molar refractivity (Wildman–Crippen MR) is 98.0 cm³/mol. The summed E-state index contributed by atoms with van der Waals surface area (Å²) in [5.41, 5.74) is 0.548. The molecule has 0 amide bonds. The van der Waals surface area contributed by atoms with E-state index >= 15 is 0 Å². The number of rotatable bonds is 9. The molecule has 4 atom stereocenters. The van der Waals surface area contributed by atoms with Crippen molar-refractivity contribution < 1.29 is 14.3 Å². The number of hydrogen-bond donors (Lipinski definition) is 0. The van der Waals surface area contributed by atoms with Crippen LogP contribution in [-0.4, -0.2) is 29.7 Å².